The highest BCUT2D eigenvalue weighted by Crippen LogP contribution is 2.34. The van der Waals surface area contributed by atoms with E-state index in [1.165, 1.54) is 0 Å². The maximum atomic E-state index is 12.9. The molecule has 1 aromatic rings. The Morgan fingerprint density at radius 3 is 1.94 bits per heavy atom. The van der Waals surface area contributed by atoms with Gasteiger partial charge in [-0.3, -0.25) is 20.2 Å². The van der Waals surface area contributed by atoms with Crippen molar-refractivity contribution in [2.24, 2.45) is 0 Å². The van der Waals surface area contributed by atoms with E-state index in [1.54, 1.807) is 0 Å². The van der Waals surface area contributed by atoms with E-state index in [-0.39, 0.29) is 12.1 Å². The summed E-state index contributed by atoms with van der Waals surface area (Å²) in [7, 11) is 0. The Morgan fingerprint density at radius 2 is 1.56 bits per heavy atom. The Bertz CT molecular complexity index is 465. The molecule has 0 heterocycles. The Hall–Kier alpha value is -2.39. The third-order valence-electron chi connectivity index (χ3n) is 1.62. The van der Waals surface area contributed by atoms with Gasteiger partial charge < -0.3 is 0 Å². The highest BCUT2D eigenvalue weighted by molar-refractivity contribution is 5.64. The highest BCUT2D eigenvalue weighted by atomic mass is 19.4. The lowest BCUT2D eigenvalue weighted by molar-refractivity contribution is -0.395. The second-order valence-electron chi connectivity index (χ2n) is 2.54. The van der Waals surface area contributed by atoms with Crippen molar-refractivity contribution in [1.82, 2.24) is 0 Å². The summed E-state index contributed by atoms with van der Waals surface area (Å²) in [6.45, 7) is 0. The maximum absolute atomic E-state index is 12.9. The predicted octanol–water partition coefficient (Wildman–Crippen LogP) is 2.22. The zero-order chi connectivity index (χ0) is 12.5. The Labute approximate surface area is 84.9 Å². The van der Waals surface area contributed by atoms with E-state index >= 15 is 0 Å². The normalized spacial score (nSPS) is 9.94. The zero-order valence-electron chi connectivity index (χ0n) is 7.26. The van der Waals surface area contributed by atoms with Crippen LogP contribution >= 0.6 is 0 Å². The smallest absolute Gasteiger partial charge is 0.258 e. The van der Waals surface area contributed by atoms with Crippen molar-refractivity contribution in [2.45, 2.75) is 0 Å². The van der Waals surface area contributed by atoms with Gasteiger partial charge in [-0.2, -0.15) is 4.39 Å². The van der Waals surface area contributed by atoms with Gasteiger partial charge >= 0.3 is 11.4 Å². The second kappa shape index (κ2) is 4.00. The van der Waals surface area contributed by atoms with Gasteiger partial charge in [0.1, 0.15) is 0 Å². The first-order chi connectivity index (χ1) is 7.34. The lowest BCUT2D eigenvalue weighted by Crippen LogP contribution is -2.04. The Kier molecular flexibility index (Phi) is 2.92. The molecule has 1 aromatic carbocycles. The molecule has 0 atom stereocenters. The van der Waals surface area contributed by atoms with Crippen LogP contribution in [0.3, 0.4) is 0 Å². The number of nitro benzene ring substituents is 2. The second-order valence-corrected chi connectivity index (χ2v) is 2.54. The number of nitrogens with zero attached hydrogens (tertiary/aromatic N) is 3. The molecule has 0 fully saturated rings. The van der Waals surface area contributed by atoms with Crippen LogP contribution < -0.4 is 5.34 Å². The van der Waals surface area contributed by atoms with Gasteiger partial charge in [-0.15, -0.1) is 0 Å². The minimum absolute atomic E-state index is 0.0241. The fourth-order valence-electron chi connectivity index (χ4n) is 0.962. The molecule has 0 N–H and O–H groups in total. The largest absolute Gasteiger partial charge is 0.311 e. The molecule has 0 saturated carbocycles. The number of hydrogen-bond acceptors (Lipinski definition) is 5. The van der Waals surface area contributed by atoms with Gasteiger partial charge in [-0.25, -0.2) is 0 Å². The van der Waals surface area contributed by atoms with Crippen LogP contribution in [0.15, 0.2) is 12.1 Å². The van der Waals surface area contributed by atoms with Gasteiger partial charge in [0.2, 0.25) is 5.82 Å². The molecule has 10 heteroatoms. The first-order valence-electron chi connectivity index (χ1n) is 3.58. The van der Waals surface area contributed by atoms with Crippen molar-refractivity contribution >= 4 is 17.1 Å². The summed E-state index contributed by atoms with van der Waals surface area (Å²) < 4.78 is 37.1. The molecule has 7 nitrogen and oxygen atoms in total. The van der Waals surface area contributed by atoms with Crippen molar-refractivity contribution in [2.75, 3.05) is 5.34 Å². The van der Waals surface area contributed by atoms with Gasteiger partial charge in [-0.05, 0) is 5.34 Å². The summed E-state index contributed by atoms with van der Waals surface area (Å²) in [6, 6.07) is 0.160. The van der Waals surface area contributed by atoms with Gasteiger partial charge in [-0.1, -0.05) is 8.96 Å². The average molecular weight is 237 g/mol. The van der Waals surface area contributed by atoms with Gasteiger partial charge in [0.15, 0.2) is 5.69 Å². The predicted molar refractivity (Wildman–Crippen MR) is 44.4 cm³/mol. The minimum atomic E-state index is -1.69. The third kappa shape index (κ3) is 1.99. The molecule has 0 bridgehead atoms. The van der Waals surface area contributed by atoms with E-state index in [2.05, 4.69) is 0 Å². The minimum Gasteiger partial charge on any atom is -0.258 e. The number of anilines is 1. The summed E-state index contributed by atoms with van der Waals surface area (Å²) in [5, 5.41) is 18.8. The number of rotatable bonds is 3. The van der Waals surface area contributed by atoms with E-state index in [0.29, 0.717) is 0 Å². The SMILES string of the molecule is O=[N+]([O-])c1cc([N+](=O)[O-])c(N(F)F)cc1F. The fraction of sp³-hybridized carbons (Fsp3) is 0. The van der Waals surface area contributed by atoms with Gasteiger partial charge in [0.05, 0.1) is 15.9 Å². The maximum Gasteiger partial charge on any atom is 0.311 e. The zero-order valence-corrected chi connectivity index (χ0v) is 7.26. The quantitative estimate of drug-likeness (QED) is 0.456. The first-order valence-corrected chi connectivity index (χ1v) is 3.58. The molecule has 0 spiro atoms. The van der Waals surface area contributed by atoms with Crippen LogP contribution in [0.5, 0.6) is 0 Å². The standard InChI is InChI=1S/C6H2F3N3O4/c7-3-1-5(10(8)9)6(12(15)16)2-4(3)11(13)14/h1-2H. The average Bonchev–Trinajstić information content (AvgIpc) is 2.15. The molecule has 0 aliphatic heterocycles. The summed E-state index contributed by atoms with van der Waals surface area (Å²) in [4.78, 5) is 18.0. The summed E-state index contributed by atoms with van der Waals surface area (Å²) in [5.41, 5.74) is -3.84. The number of hydrogen-bond donors (Lipinski definition) is 0. The number of nitro groups is 2. The summed E-state index contributed by atoms with van der Waals surface area (Å²) in [5.74, 6) is -1.58. The molecule has 16 heavy (non-hydrogen) atoms. The van der Waals surface area contributed by atoms with Crippen LogP contribution in [0.2, 0.25) is 0 Å². The van der Waals surface area contributed by atoms with Crippen molar-refractivity contribution in [3.63, 3.8) is 0 Å². The molecular formula is C6H2F3N3O4. The molecule has 0 radical (unpaired) electrons. The van der Waals surface area contributed by atoms with Crippen LogP contribution in [-0.2, 0) is 0 Å². The summed E-state index contributed by atoms with van der Waals surface area (Å²) >= 11 is 0. The van der Waals surface area contributed by atoms with Crippen LogP contribution in [-0.4, -0.2) is 9.85 Å². The molecule has 0 aliphatic rings. The van der Waals surface area contributed by atoms with Crippen LogP contribution in [0.25, 0.3) is 0 Å². The van der Waals surface area contributed by atoms with Crippen molar-refractivity contribution in [3.8, 4) is 0 Å². The van der Waals surface area contributed by atoms with Gasteiger partial charge in [0.25, 0.3) is 0 Å². The van der Waals surface area contributed by atoms with E-state index in [4.69, 9.17) is 0 Å². The highest BCUT2D eigenvalue weighted by Gasteiger charge is 2.28. The van der Waals surface area contributed by atoms with Gasteiger partial charge in [0, 0.05) is 6.07 Å². The molecule has 0 aliphatic carbocycles. The molecule has 0 aromatic heterocycles. The Morgan fingerprint density at radius 1 is 1.06 bits per heavy atom. The van der Waals surface area contributed by atoms with E-state index in [0.717, 1.165) is 0 Å². The van der Waals surface area contributed by atoms with Crippen LogP contribution in [0, 0.1) is 26.0 Å². The number of benzene rings is 1. The monoisotopic (exact) mass is 237 g/mol. The van der Waals surface area contributed by atoms with Crippen LogP contribution in [0.4, 0.5) is 30.4 Å². The molecule has 0 amide bonds. The number of halogens is 3. The fourth-order valence-corrected chi connectivity index (χ4v) is 0.962. The molecule has 0 saturated heterocycles. The Balaban J connectivity index is 3.49. The van der Waals surface area contributed by atoms with Crippen LogP contribution in [0.1, 0.15) is 0 Å². The van der Waals surface area contributed by atoms with E-state index in [1.807, 2.05) is 0 Å². The van der Waals surface area contributed by atoms with E-state index in [9.17, 15) is 33.6 Å². The topological polar surface area (TPSA) is 89.5 Å². The van der Waals surface area contributed by atoms with Crippen molar-refractivity contribution < 1.29 is 23.2 Å². The van der Waals surface area contributed by atoms with Crippen molar-refractivity contribution in [3.05, 3.63) is 38.2 Å². The lowest BCUT2D eigenvalue weighted by atomic mass is 10.2. The molecule has 86 valence electrons. The summed E-state index contributed by atoms with van der Waals surface area (Å²) in [6.07, 6.45) is 0. The third-order valence-corrected chi connectivity index (χ3v) is 1.62. The molecular weight excluding hydrogens is 235 g/mol. The van der Waals surface area contributed by atoms with Crippen molar-refractivity contribution in [1.29, 1.82) is 0 Å². The van der Waals surface area contributed by atoms with E-state index < -0.39 is 38.1 Å². The lowest BCUT2D eigenvalue weighted by Gasteiger charge is -2.03. The first kappa shape index (κ1) is 11.7. The molecule has 1 rings (SSSR count). The molecule has 0 unspecified atom stereocenters.